The van der Waals surface area contributed by atoms with E-state index in [0.717, 1.165) is 31.6 Å². The minimum absolute atomic E-state index is 0.869. The Balaban J connectivity index is 1.57. The fraction of sp³-hybridized carbons (Fsp3) is 0.684. The van der Waals surface area contributed by atoms with Crippen LogP contribution in [0.5, 0.6) is 0 Å². The van der Waals surface area contributed by atoms with Gasteiger partial charge in [0.2, 0.25) is 0 Å². The summed E-state index contributed by atoms with van der Waals surface area (Å²) in [5.41, 5.74) is 2.88. The van der Waals surface area contributed by atoms with Crippen LogP contribution in [-0.4, -0.2) is 24.0 Å². The van der Waals surface area contributed by atoms with Crippen LogP contribution in [0.15, 0.2) is 24.3 Å². The third-order valence-electron chi connectivity index (χ3n) is 5.35. The van der Waals surface area contributed by atoms with E-state index in [1.54, 1.807) is 0 Å². The minimum Gasteiger partial charge on any atom is -0.313 e. The van der Waals surface area contributed by atoms with Gasteiger partial charge in [-0.05, 0) is 55.8 Å². The summed E-state index contributed by atoms with van der Waals surface area (Å²) in [7, 11) is 0. The van der Waals surface area contributed by atoms with Crippen LogP contribution in [0, 0.1) is 5.92 Å². The van der Waals surface area contributed by atoms with E-state index >= 15 is 0 Å². The van der Waals surface area contributed by atoms with Gasteiger partial charge in [0.05, 0.1) is 0 Å². The lowest BCUT2D eigenvalue weighted by Gasteiger charge is -2.29. The van der Waals surface area contributed by atoms with Gasteiger partial charge in [0.15, 0.2) is 0 Å². The summed E-state index contributed by atoms with van der Waals surface area (Å²) in [6.07, 6.45) is 8.72. The van der Waals surface area contributed by atoms with E-state index in [1.807, 2.05) is 0 Å². The Kier molecular flexibility index (Phi) is 5.32. The number of likely N-dealkylation sites (tertiary alicyclic amines) is 1. The van der Waals surface area contributed by atoms with Crippen molar-refractivity contribution in [2.24, 2.45) is 5.92 Å². The van der Waals surface area contributed by atoms with Crippen LogP contribution in [0.3, 0.4) is 0 Å². The molecule has 1 saturated heterocycles. The number of rotatable bonds is 6. The zero-order valence-corrected chi connectivity index (χ0v) is 13.5. The molecule has 1 aromatic carbocycles. The van der Waals surface area contributed by atoms with Gasteiger partial charge in [-0.3, -0.25) is 4.90 Å². The predicted molar refractivity (Wildman–Crippen MR) is 89.2 cm³/mol. The van der Waals surface area contributed by atoms with E-state index in [-0.39, 0.29) is 0 Å². The van der Waals surface area contributed by atoms with Crippen LogP contribution >= 0.6 is 0 Å². The maximum absolute atomic E-state index is 3.39. The molecule has 116 valence electrons. The van der Waals surface area contributed by atoms with Gasteiger partial charge < -0.3 is 5.32 Å². The highest BCUT2D eigenvalue weighted by atomic mass is 15.2. The Morgan fingerprint density at radius 2 is 1.71 bits per heavy atom. The third-order valence-corrected chi connectivity index (χ3v) is 5.35. The van der Waals surface area contributed by atoms with Gasteiger partial charge in [0.1, 0.15) is 0 Å². The van der Waals surface area contributed by atoms with Gasteiger partial charge in [-0.1, -0.05) is 44.0 Å². The standard InChI is InChI=1S/C19H30N2/c1-2-20-14-16-9-11-17(12-10-16)15-21-13-5-8-19(21)18-6-3-4-7-18/h9-12,18-20H,2-8,13-15H2,1H3. The summed E-state index contributed by atoms with van der Waals surface area (Å²) in [5.74, 6) is 0.987. The van der Waals surface area contributed by atoms with Gasteiger partial charge in [0.25, 0.3) is 0 Å². The monoisotopic (exact) mass is 286 g/mol. The van der Waals surface area contributed by atoms with Crippen molar-refractivity contribution in [3.8, 4) is 0 Å². The van der Waals surface area contributed by atoms with Crippen molar-refractivity contribution < 1.29 is 0 Å². The molecular weight excluding hydrogens is 256 g/mol. The van der Waals surface area contributed by atoms with E-state index in [0.29, 0.717) is 0 Å². The fourth-order valence-corrected chi connectivity index (χ4v) is 4.19. The first-order chi connectivity index (χ1) is 10.4. The number of benzene rings is 1. The minimum atomic E-state index is 0.869. The van der Waals surface area contributed by atoms with Crippen molar-refractivity contribution >= 4 is 0 Å². The Morgan fingerprint density at radius 1 is 1.00 bits per heavy atom. The lowest BCUT2D eigenvalue weighted by Crippen LogP contribution is -2.34. The molecule has 2 nitrogen and oxygen atoms in total. The second kappa shape index (κ2) is 7.42. The summed E-state index contributed by atoms with van der Waals surface area (Å²) in [6, 6.07) is 10.1. The normalized spacial score (nSPS) is 24.0. The molecule has 21 heavy (non-hydrogen) atoms. The van der Waals surface area contributed by atoms with E-state index < -0.39 is 0 Å². The van der Waals surface area contributed by atoms with E-state index in [1.165, 1.54) is 56.2 Å². The number of nitrogens with zero attached hydrogens (tertiary/aromatic N) is 1. The van der Waals surface area contributed by atoms with Crippen LogP contribution in [-0.2, 0) is 13.1 Å². The fourth-order valence-electron chi connectivity index (χ4n) is 4.19. The first kappa shape index (κ1) is 15.1. The van der Waals surface area contributed by atoms with Crippen molar-refractivity contribution in [3.63, 3.8) is 0 Å². The second-order valence-corrected chi connectivity index (χ2v) is 6.82. The van der Waals surface area contributed by atoms with E-state index in [2.05, 4.69) is 41.4 Å². The van der Waals surface area contributed by atoms with Crippen LogP contribution in [0.2, 0.25) is 0 Å². The van der Waals surface area contributed by atoms with Gasteiger partial charge in [-0.25, -0.2) is 0 Å². The van der Waals surface area contributed by atoms with Crippen LogP contribution < -0.4 is 5.32 Å². The third kappa shape index (κ3) is 3.87. The molecule has 2 heteroatoms. The molecule has 1 heterocycles. The summed E-state index contributed by atoms with van der Waals surface area (Å²) in [5, 5.41) is 3.39. The molecule has 3 rings (SSSR count). The molecule has 0 spiro atoms. The van der Waals surface area contributed by atoms with E-state index in [4.69, 9.17) is 0 Å². The van der Waals surface area contributed by atoms with E-state index in [9.17, 15) is 0 Å². The smallest absolute Gasteiger partial charge is 0.0236 e. The Hall–Kier alpha value is -0.860. The van der Waals surface area contributed by atoms with Crippen molar-refractivity contribution in [1.29, 1.82) is 0 Å². The zero-order valence-electron chi connectivity index (χ0n) is 13.5. The highest BCUT2D eigenvalue weighted by molar-refractivity contribution is 5.22. The molecule has 0 radical (unpaired) electrons. The number of nitrogens with one attached hydrogen (secondary N) is 1. The molecule has 1 aliphatic carbocycles. The van der Waals surface area contributed by atoms with Gasteiger partial charge >= 0.3 is 0 Å². The highest BCUT2D eigenvalue weighted by Gasteiger charge is 2.32. The molecule has 0 bridgehead atoms. The summed E-state index contributed by atoms with van der Waals surface area (Å²) in [4.78, 5) is 2.76. The lowest BCUT2D eigenvalue weighted by atomic mass is 9.95. The van der Waals surface area contributed by atoms with Crippen LogP contribution in [0.1, 0.15) is 56.6 Å². The van der Waals surface area contributed by atoms with Crippen LogP contribution in [0.25, 0.3) is 0 Å². The molecule has 1 unspecified atom stereocenters. The maximum atomic E-state index is 3.39. The quantitative estimate of drug-likeness (QED) is 0.852. The van der Waals surface area contributed by atoms with Crippen molar-refractivity contribution in [2.45, 2.75) is 64.6 Å². The zero-order chi connectivity index (χ0) is 14.5. The lowest BCUT2D eigenvalue weighted by molar-refractivity contribution is 0.183. The average molecular weight is 286 g/mol. The molecule has 1 aliphatic heterocycles. The first-order valence-corrected chi connectivity index (χ1v) is 8.89. The number of hydrogen-bond acceptors (Lipinski definition) is 2. The second-order valence-electron chi connectivity index (χ2n) is 6.82. The molecule has 1 atom stereocenters. The topological polar surface area (TPSA) is 15.3 Å². The van der Waals surface area contributed by atoms with Gasteiger partial charge in [-0.15, -0.1) is 0 Å². The maximum Gasteiger partial charge on any atom is 0.0236 e. The number of hydrogen-bond donors (Lipinski definition) is 1. The van der Waals surface area contributed by atoms with Crippen molar-refractivity contribution in [2.75, 3.05) is 13.1 Å². The highest BCUT2D eigenvalue weighted by Crippen LogP contribution is 2.36. The molecule has 0 aromatic heterocycles. The molecule has 1 saturated carbocycles. The Labute approximate surface area is 129 Å². The molecule has 2 fully saturated rings. The molecular formula is C19H30N2. The van der Waals surface area contributed by atoms with Crippen molar-refractivity contribution in [3.05, 3.63) is 35.4 Å². The predicted octanol–water partition coefficient (Wildman–Crippen LogP) is 3.95. The van der Waals surface area contributed by atoms with Crippen LogP contribution in [0.4, 0.5) is 0 Å². The van der Waals surface area contributed by atoms with Gasteiger partial charge in [-0.2, -0.15) is 0 Å². The first-order valence-electron chi connectivity index (χ1n) is 8.89. The van der Waals surface area contributed by atoms with Gasteiger partial charge in [0, 0.05) is 19.1 Å². The molecule has 0 amide bonds. The SMILES string of the molecule is CCNCc1ccc(CN2CCCC2C2CCCC2)cc1. The molecule has 2 aliphatic rings. The Bertz CT molecular complexity index is 420. The summed E-state index contributed by atoms with van der Waals surface area (Å²) < 4.78 is 0. The van der Waals surface area contributed by atoms with Crippen molar-refractivity contribution in [1.82, 2.24) is 10.2 Å². The Morgan fingerprint density at radius 3 is 2.43 bits per heavy atom. The summed E-state index contributed by atoms with van der Waals surface area (Å²) >= 11 is 0. The largest absolute Gasteiger partial charge is 0.313 e. The molecule has 1 N–H and O–H groups in total. The summed E-state index contributed by atoms with van der Waals surface area (Å²) in [6.45, 7) is 6.65. The average Bonchev–Trinajstić information content (AvgIpc) is 3.17. The molecule has 1 aromatic rings.